The molecule has 0 radical (unpaired) electrons. The van der Waals surface area contributed by atoms with Crippen LogP contribution in [0.1, 0.15) is 28.8 Å². The first-order valence-corrected chi connectivity index (χ1v) is 9.41. The maximum Gasteiger partial charge on any atom is 0.416 e. The zero-order valence-corrected chi connectivity index (χ0v) is 16.5. The van der Waals surface area contributed by atoms with Crippen molar-refractivity contribution in [1.82, 2.24) is 4.90 Å². The molecule has 4 nitrogen and oxygen atoms in total. The molecular formula is C21H23ClF3N3O. The molecule has 1 heterocycles. The molecule has 3 unspecified atom stereocenters. The third-order valence-corrected chi connectivity index (χ3v) is 5.83. The quantitative estimate of drug-likeness (QED) is 0.750. The Morgan fingerprint density at radius 3 is 2.55 bits per heavy atom. The molecule has 1 saturated carbocycles. The van der Waals surface area contributed by atoms with E-state index in [1.165, 1.54) is 6.07 Å². The van der Waals surface area contributed by atoms with Gasteiger partial charge in [0.1, 0.15) is 0 Å². The van der Waals surface area contributed by atoms with Crippen LogP contribution in [0.2, 0.25) is 0 Å². The molecule has 2 aromatic carbocycles. The first-order valence-electron chi connectivity index (χ1n) is 9.41. The summed E-state index contributed by atoms with van der Waals surface area (Å²) in [5.74, 6) is 0.673. The summed E-state index contributed by atoms with van der Waals surface area (Å²) in [4.78, 5) is 14.9. The first-order chi connectivity index (χ1) is 13.3. The van der Waals surface area contributed by atoms with Crippen molar-refractivity contribution in [3.8, 4) is 0 Å². The lowest BCUT2D eigenvalue weighted by Crippen LogP contribution is -2.33. The molecular weight excluding hydrogens is 403 g/mol. The van der Waals surface area contributed by atoms with Gasteiger partial charge in [0.25, 0.3) is 5.91 Å². The zero-order valence-electron chi connectivity index (χ0n) is 15.7. The minimum Gasteiger partial charge on any atom is -0.355 e. The summed E-state index contributed by atoms with van der Waals surface area (Å²) in [5.41, 5.74) is 6.66. The van der Waals surface area contributed by atoms with Gasteiger partial charge in [0, 0.05) is 24.8 Å². The number of nitrogens with one attached hydrogen (secondary N) is 1. The number of likely N-dealkylation sites (tertiary alicyclic amines) is 1. The molecule has 1 saturated heterocycles. The van der Waals surface area contributed by atoms with Crippen LogP contribution in [0.4, 0.5) is 24.5 Å². The number of halogens is 4. The maximum atomic E-state index is 13.1. The van der Waals surface area contributed by atoms with Crippen LogP contribution < -0.4 is 11.1 Å². The van der Waals surface area contributed by atoms with E-state index in [-0.39, 0.29) is 30.0 Å². The van der Waals surface area contributed by atoms with Crippen molar-refractivity contribution in [2.45, 2.75) is 25.1 Å². The Labute approximate surface area is 173 Å². The SMILES string of the molecule is Cl.NC1CCC2CN(C(=O)c3ccccc3Nc3cccc(C(F)(F)F)c3)CC12. The topological polar surface area (TPSA) is 58.4 Å². The van der Waals surface area contributed by atoms with E-state index in [0.717, 1.165) is 25.0 Å². The number of hydrogen-bond acceptors (Lipinski definition) is 3. The molecule has 0 spiro atoms. The summed E-state index contributed by atoms with van der Waals surface area (Å²) in [6, 6.07) is 12.0. The highest BCUT2D eigenvalue weighted by Gasteiger charge is 2.42. The average Bonchev–Trinajstić information content (AvgIpc) is 3.23. The Morgan fingerprint density at radius 2 is 1.83 bits per heavy atom. The second-order valence-electron chi connectivity index (χ2n) is 7.62. The van der Waals surface area contributed by atoms with Gasteiger partial charge in [0.2, 0.25) is 0 Å². The summed E-state index contributed by atoms with van der Waals surface area (Å²) in [6.45, 7) is 1.33. The van der Waals surface area contributed by atoms with Crippen LogP contribution in [-0.4, -0.2) is 29.9 Å². The molecule has 3 atom stereocenters. The van der Waals surface area contributed by atoms with Gasteiger partial charge in [-0.3, -0.25) is 4.79 Å². The molecule has 1 amide bonds. The number of hydrogen-bond donors (Lipinski definition) is 2. The van der Waals surface area contributed by atoms with Crippen LogP contribution in [0.25, 0.3) is 0 Å². The van der Waals surface area contributed by atoms with Crippen LogP contribution in [0.5, 0.6) is 0 Å². The highest BCUT2D eigenvalue weighted by molar-refractivity contribution is 6.00. The number of alkyl halides is 3. The molecule has 4 rings (SSSR count). The standard InChI is InChI=1S/C21H22F3N3O.ClH/c22-21(23,24)14-4-3-5-15(10-14)26-19-7-2-1-6-16(19)20(28)27-11-13-8-9-18(25)17(13)12-27;/h1-7,10,13,17-18,26H,8-9,11-12,25H2;1H. The third kappa shape index (κ3) is 4.36. The Morgan fingerprint density at radius 1 is 1.07 bits per heavy atom. The molecule has 29 heavy (non-hydrogen) atoms. The fourth-order valence-electron chi connectivity index (χ4n) is 4.35. The van der Waals surface area contributed by atoms with Crippen LogP contribution in [0.15, 0.2) is 48.5 Å². The van der Waals surface area contributed by atoms with Gasteiger partial charge in [-0.2, -0.15) is 13.2 Å². The Kier molecular flexibility index (Phi) is 6.10. The van der Waals surface area contributed by atoms with E-state index in [2.05, 4.69) is 5.32 Å². The number of amides is 1. The number of carbonyl (C=O) groups excluding carboxylic acids is 1. The average molecular weight is 426 g/mol. The van der Waals surface area contributed by atoms with E-state index >= 15 is 0 Å². The molecule has 3 N–H and O–H groups in total. The predicted molar refractivity (Wildman–Crippen MR) is 109 cm³/mol. The summed E-state index contributed by atoms with van der Waals surface area (Å²) >= 11 is 0. The lowest BCUT2D eigenvalue weighted by Gasteiger charge is -2.21. The lowest BCUT2D eigenvalue weighted by molar-refractivity contribution is -0.137. The van der Waals surface area contributed by atoms with Gasteiger partial charge in [-0.25, -0.2) is 0 Å². The van der Waals surface area contributed by atoms with Gasteiger partial charge in [0.05, 0.1) is 16.8 Å². The number of nitrogens with zero attached hydrogens (tertiary/aromatic N) is 1. The number of anilines is 2. The lowest BCUT2D eigenvalue weighted by atomic mass is 9.98. The minimum atomic E-state index is -4.42. The van der Waals surface area contributed by atoms with E-state index in [4.69, 9.17) is 5.73 Å². The largest absolute Gasteiger partial charge is 0.416 e. The number of rotatable bonds is 3. The molecule has 1 aliphatic heterocycles. The number of para-hydroxylation sites is 1. The number of benzene rings is 2. The molecule has 1 aliphatic carbocycles. The second-order valence-corrected chi connectivity index (χ2v) is 7.62. The fraction of sp³-hybridized carbons (Fsp3) is 0.381. The highest BCUT2D eigenvalue weighted by atomic mass is 35.5. The van der Waals surface area contributed by atoms with E-state index < -0.39 is 11.7 Å². The molecule has 2 fully saturated rings. The third-order valence-electron chi connectivity index (χ3n) is 5.83. The number of fused-ring (bicyclic) bond motifs is 1. The van der Waals surface area contributed by atoms with Crippen molar-refractivity contribution in [2.75, 3.05) is 18.4 Å². The molecule has 0 bridgehead atoms. The van der Waals surface area contributed by atoms with Crippen LogP contribution >= 0.6 is 12.4 Å². The van der Waals surface area contributed by atoms with E-state index in [1.807, 2.05) is 4.90 Å². The number of nitrogens with two attached hydrogens (primary N) is 1. The zero-order chi connectivity index (χ0) is 19.9. The Hall–Kier alpha value is -2.25. The van der Waals surface area contributed by atoms with Crippen molar-refractivity contribution in [3.63, 3.8) is 0 Å². The minimum absolute atomic E-state index is 0. The van der Waals surface area contributed by atoms with Gasteiger partial charge < -0.3 is 16.0 Å². The summed E-state index contributed by atoms with van der Waals surface area (Å²) in [5, 5.41) is 2.98. The second kappa shape index (κ2) is 8.24. The number of carbonyl (C=O) groups is 1. The fourth-order valence-corrected chi connectivity index (χ4v) is 4.35. The van der Waals surface area contributed by atoms with Crippen molar-refractivity contribution in [1.29, 1.82) is 0 Å². The summed E-state index contributed by atoms with van der Waals surface area (Å²) in [6.07, 6.45) is -2.37. The van der Waals surface area contributed by atoms with Gasteiger partial charge in [0.15, 0.2) is 0 Å². The van der Waals surface area contributed by atoms with E-state index in [9.17, 15) is 18.0 Å². The van der Waals surface area contributed by atoms with Gasteiger partial charge in [-0.05, 0) is 55.0 Å². The van der Waals surface area contributed by atoms with Crippen molar-refractivity contribution >= 4 is 29.7 Å². The summed E-state index contributed by atoms with van der Waals surface area (Å²) in [7, 11) is 0. The van der Waals surface area contributed by atoms with Gasteiger partial charge in [-0.15, -0.1) is 12.4 Å². The van der Waals surface area contributed by atoms with Crippen LogP contribution in [0.3, 0.4) is 0 Å². The van der Waals surface area contributed by atoms with Crippen molar-refractivity contribution in [2.24, 2.45) is 17.6 Å². The smallest absolute Gasteiger partial charge is 0.355 e. The van der Waals surface area contributed by atoms with Gasteiger partial charge >= 0.3 is 6.18 Å². The highest BCUT2D eigenvalue weighted by Crippen LogP contribution is 2.38. The Bertz CT molecular complexity index is 889. The monoisotopic (exact) mass is 425 g/mol. The van der Waals surface area contributed by atoms with Crippen LogP contribution in [0, 0.1) is 11.8 Å². The molecule has 0 aromatic heterocycles. The Balaban J connectivity index is 0.00000240. The van der Waals surface area contributed by atoms with E-state index in [1.54, 1.807) is 30.3 Å². The molecule has 2 aromatic rings. The van der Waals surface area contributed by atoms with Crippen molar-refractivity contribution in [3.05, 3.63) is 59.7 Å². The van der Waals surface area contributed by atoms with Crippen LogP contribution in [-0.2, 0) is 6.18 Å². The van der Waals surface area contributed by atoms with Crippen molar-refractivity contribution < 1.29 is 18.0 Å². The predicted octanol–water partition coefficient (Wildman–Crippen LogP) is 4.68. The molecule has 2 aliphatic rings. The molecule has 156 valence electrons. The van der Waals surface area contributed by atoms with E-state index in [0.29, 0.717) is 36.2 Å². The molecule has 8 heteroatoms. The normalized spacial score (nSPS) is 23.4. The van der Waals surface area contributed by atoms with Gasteiger partial charge in [-0.1, -0.05) is 18.2 Å². The first kappa shape index (κ1) is 21.5. The summed E-state index contributed by atoms with van der Waals surface area (Å²) < 4.78 is 38.9. The maximum absolute atomic E-state index is 13.1.